The third kappa shape index (κ3) is 4.58. The van der Waals surface area contributed by atoms with Crippen molar-refractivity contribution >= 4 is 11.7 Å². The highest BCUT2D eigenvalue weighted by atomic mass is 16.2. The largest absolute Gasteiger partial charge is 0.310 e. The molecule has 3 rings (SSSR count). The van der Waals surface area contributed by atoms with E-state index >= 15 is 0 Å². The highest BCUT2D eigenvalue weighted by molar-refractivity contribution is 5.93. The minimum atomic E-state index is -0.173. The van der Waals surface area contributed by atoms with Crippen molar-refractivity contribution in [1.82, 2.24) is 24.6 Å². The molecule has 0 unspecified atom stereocenters. The van der Waals surface area contributed by atoms with Gasteiger partial charge in [0.05, 0.1) is 12.2 Å². The Balaban J connectivity index is 1.57. The lowest BCUT2D eigenvalue weighted by Gasteiger charge is -2.35. The normalized spacial score (nSPS) is 17.2. The molecule has 1 atom stereocenters. The molecule has 0 spiro atoms. The van der Waals surface area contributed by atoms with Gasteiger partial charge in [-0.2, -0.15) is 5.10 Å². The van der Waals surface area contributed by atoms with Gasteiger partial charge in [0.2, 0.25) is 5.91 Å². The van der Waals surface area contributed by atoms with Crippen molar-refractivity contribution in [3.8, 4) is 0 Å². The average molecular weight is 385 g/mol. The van der Waals surface area contributed by atoms with Gasteiger partial charge in [-0.1, -0.05) is 13.8 Å². The number of carbonyl (C=O) groups is 1. The van der Waals surface area contributed by atoms with Crippen LogP contribution >= 0.6 is 0 Å². The maximum absolute atomic E-state index is 12.7. The Bertz CT molecular complexity index is 792. The van der Waals surface area contributed by atoms with Crippen molar-refractivity contribution in [3.63, 3.8) is 0 Å². The molecule has 1 aliphatic heterocycles. The van der Waals surface area contributed by atoms with Crippen LogP contribution in [0.25, 0.3) is 0 Å². The van der Waals surface area contributed by atoms with Gasteiger partial charge in [-0.3, -0.25) is 9.69 Å². The molecule has 0 bridgehead atoms. The summed E-state index contributed by atoms with van der Waals surface area (Å²) in [5.41, 5.74) is 1.14. The van der Waals surface area contributed by atoms with E-state index in [0.717, 1.165) is 43.3 Å². The number of anilines is 1. The monoisotopic (exact) mass is 384 g/mol. The van der Waals surface area contributed by atoms with Crippen molar-refractivity contribution in [2.75, 3.05) is 18.4 Å². The molecular weight excluding hydrogens is 352 g/mol. The molecule has 1 aliphatic rings. The lowest BCUT2D eigenvalue weighted by Crippen LogP contribution is -2.46. The van der Waals surface area contributed by atoms with E-state index in [4.69, 9.17) is 4.98 Å². The third-order valence-electron chi connectivity index (χ3n) is 5.50. The topological polar surface area (TPSA) is 75.9 Å². The van der Waals surface area contributed by atoms with E-state index in [1.165, 1.54) is 0 Å². The van der Waals surface area contributed by atoms with Crippen LogP contribution in [0.2, 0.25) is 0 Å². The number of nitrogens with zero attached hydrogens (tertiary/aromatic N) is 5. The van der Waals surface area contributed by atoms with Crippen molar-refractivity contribution < 1.29 is 4.79 Å². The summed E-state index contributed by atoms with van der Waals surface area (Å²) in [6, 6.07) is 3.92. The van der Waals surface area contributed by atoms with Gasteiger partial charge in [0.1, 0.15) is 11.6 Å². The molecule has 3 heterocycles. The van der Waals surface area contributed by atoms with Crippen LogP contribution in [0.3, 0.4) is 0 Å². The fourth-order valence-electron chi connectivity index (χ4n) is 3.70. The number of amides is 1. The zero-order valence-electron chi connectivity index (χ0n) is 17.6. The Labute approximate surface area is 167 Å². The fraction of sp³-hybridized carbons (Fsp3) is 0.619. The number of piperidine rings is 1. The molecule has 1 saturated heterocycles. The number of likely N-dealkylation sites (tertiary alicyclic amines) is 1. The number of hydrogen-bond acceptors (Lipinski definition) is 5. The summed E-state index contributed by atoms with van der Waals surface area (Å²) in [6.45, 7) is 12.1. The van der Waals surface area contributed by atoms with E-state index in [1.807, 2.05) is 29.9 Å². The van der Waals surface area contributed by atoms with Gasteiger partial charge in [-0.05, 0) is 52.8 Å². The minimum absolute atomic E-state index is 0.0185. The van der Waals surface area contributed by atoms with Gasteiger partial charge in [-0.15, -0.1) is 0 Å². The average Bonchev–Trinajstić information content (AvgIpc) is 3.16. The van der Waals surface area contributed by atoms with Crippen LogP contribution < -0.4 is 5.32 Å². The van der Waals surface area contributed by atoms with Gasteiger partial charge < -0.3 is 5.32 Å². The Morgan fingerprint density at radius 1 is 1.11 bits per heavy atom. The van der Waals surface area contributed by atoms with Crippen LogP contribution in [-0.4, -0.2) is 49.7 Å². The maximum atomic E-state index is 12.7. The summed E-state index contributed by atoms with van der Waals surface area (Å²) in [5, 5.41) is 7.31. The van der Waals surface area contributed by atoms with Crippen molar-refractivity contribution in [2.24, 2.45) is 0 Å². The van der Waals surface area contributed by atoms with E-state index < -0.39 is 0 Å². The summed E-state index contributed by atoms with van der Waals surface area (Å²) >= 11 is 0. The van der Waals surface area contributed by atoms with Crippen LogP contribution in [0.4, 0.5) is 5.82 Å². The zero-order valence-corrected chi connectivity index (χ0v) is 17.6. The Morgan fingerprint density at radius 3 is 2.46 bits per heavy atom. The molecule has 0 aliphatic carbocycles. The highest BCUT2D eigenvalue weighted by Crippen LogP contribution is 2.28. The van der Waals surface area contributed by atoms with Crippen molar-refractivity contribution in [3.05, 3.63) is 36.0 Å². The van der Waals surface area contributed by atoms with Crippen LogP contribution in [0.5, 0.6) is 0 Å². The predicted octanol–water partition coefficient (Wildman–Crippen LogP) is 3.58. The first-order valence-corrected chi connectivity index (χ1v) is 10.3. The lowest BCUT2D eigenvalue weighted by molar-refractivity contribution is -0.121. The SMILES string of the molecule is CC(C)c1nccc(C2CCN([C@@H](C)C(=O)Nc3ccnn3C(C)C)CC2)n1. The fourth-order valence-corrected chi connectivity index (χ4v) is 3.70. The number of hydrogen-bond donors (Lipinski definition) is 1. The molecule has 1 N–H and O–H groups in total. The number of rotatable bonds is 6. The molecule has 1 amide bonds. The summed E-state index contributed by atoms with van der Waals surface area (Å²) in [6.07, 6.45) is 5.61. The van der Waals surface area contributed by atoms with E-state index in [9.17, 15) is 4.79 Å². The molecular formula is C21H32N6O. The Kier molecular flexibility index (Phi) is 6.44. The van der Waals surface area contributed by atoms with Crippen LogP contribution in [0.15, 0.2) is 24.5 Å². The van der Waals surface area contributed by atoms with Gasteiger partial charge in [0.15, 0.2) is 0 Å². The smallest absolute Gasteiger partial charge is 0.242 e. The Morgan fingerprint density at radius 2 is 1.82 bits per heavy atom. The molecule has 0 aromatic carbocycles. The van der Waals surface area contributed by atoms with Gasteiger partial charge in [0, 0.05) is 35.8 Å². The Hall–Kier alpha value is -2.28. The van der Waals surface area contributed by atoms with Crippen LogP contribution in [0, 0.1) is 0 Å². The molecule has 1 fully saturated rings. The summed E-state index contributed by atoms with van der Waals surface area (Å²) < 4.78 is 1.83. The van der Waals surface area contributed by atoms with Gasteiger partial charge in [0.25, 0.3) is 0 Å². The highest BCUT2D eigenvalue weighted by Gasteiger charge is 2.28. The number of nitrogens with one attached hydrogen (secondary N) is 1. The molecule has 0 radical (unpaired) electrons. The molecule has 28 heavy (non-hydrogen) atoms. The molecule has 2 aromatic heterocycles. The van der Waals surface area contributed by atoms with E-state index in [2.05, 4.69) is 48.0 Å². The maximum Gasteiger partial charge on any atom is 0.242 e. The van der Waals surface area contributed by atoms with Crippen molar-refractivity contribution in [2.45, 2.75) is 71.4 Å². The van der Waals surface area contributed by atoms with Crippen LogP contribution in [-0.2, 0) is 4.79 Å². The van der Waals surface area contributed by atoms with E-state index in [1.54, 1.807) is 6.20 Å². The quantitative estimate of drug-likeness (QED) is 0.824. The predicted molar refractivity (Wildman–Crippen MR) is 110 cm³/mol. The zero-order chi connectivity index (χ0) is 20.3. The second-order valence-electron chi connectivity index (χ2n) is 8.22. The minimum Gasteiger partial charge on any atom is -0.310 e. The second-order valence-corrected chi connectivity index (χ2v) is 8.22. The lowest BCUT2D eigenvalue weighted by atomic mass is 9.92. The van der Waals surface area contributed by atoms with Gasteiger partial charge in [-0.25, -0.2) is 14.6 Å². The molecule has 7 nitrogen and oxygen atoms in total. The third-order valence-corrected chi connectivity index (χ3v) is 5.50. The number of aromatic nitrogens is 4. The van der Waals surface area contributed by atoms with E-state index in [0.29, 0.717) is 11.8 Å². The first-order valence-electron chi connectivity index (χ1n) is 10.3. The summed E-state index contributed by atoms with van der Waals surface area (Å²) in [5.74, 6) is 2.46. The molecule has 152 valence electrons. The molecule has 2 aromatic rings. The van der Waals surface area contributed by atoms with E-state index in [-0.39, 0.29) is 18.0 Å². The standard InChI is InChI=1S/C21H32N6O/c1-14(2)20-22-10-6-18(24-20)17-8-12-26(13-9-17)16(5)21(28)25-19-7-11-23-27(19)15(3)4/h6-7,10-11,14-17H,8-9,12-13H2,1-5H3,(H,25,28)/t16-/m0/s1. The number of carbonyl (C=O) groups excluding carboxylic acids is 1. The first kappa shape index (κ1) is 20.5. The van der Waals surface area contributed by atoms with Crippen molar-refractivity contribution in [1.29, 1.82) is 0 Å². The summed E-state index contributed by atoms with van der Waals surface area (Å²) in [4.78, 5) is 24.1. The summed E-state index contributed by atoms with van der Waals surface area (Å²) in [7, 11) is 0. The first-order chi connectivity index (χ1) is 13.4. The van der Waals surface area contributed by atoms with Crippen LogP contribution in [0.1, 0.15) is 76.9 Å². The van der Waals surface area contributed by atoms with Gasteiger partial charge >= 0.3 is 0 Å². The molecule has 0 saturated carbocycles. The molecule has 7 heteroatoms. The second kappa shape index (κ2) is 8.82.